The molecular formula is C17H16N2O. The zero-order valence-corrected chi connectivity index (χ0v) is 11.3. The molecule has 2 N–H and O–H groups in total. The van der Waals surface area contributed by atoms with Crippen molar-refractivity contribution in [2.24, 2.45) is 0 Å². The minimum absolute atomic E-state index is 0.311. The number of phenolic OH excluding ortho intramolecular Hbond substituents is 1. The number of nitrogens with zero attached hydrogens (tertiary/aromatic N) is 1. The molecule has 1 aromatic heterocycles. The highest BCUT2D eigenvalue weighted by atomic mass is 16.3. The maximum atomic E-state index is 9.72. The van der Waals surface area contributed by atoms with E-state index in [9.17, 15) is 5.11 Å². The summed E-state index contributed by atoms with van der Waals surface area (Å²) in [5, 5.41) is 15.4. The molecule has 20 heavy (non-hydrogen) atoms. The number of fused-ring (bicyclic) bond motifs is 1. The zero-order chi connectivity index (χ0) is 13.9. The van der Waals surface area contributed by atoms with Crippen LogP contribution in [0.2, 0.25) is 0 Å². The molecule has 0 unspecified atom stereocenters. The lowest BCUT2D eigenvalue weighted by molar-refractivity contribution is 0.471. The summed E-state index contributed by atoms with van der Waals surface area (Å²) in [7, 11) is 0. The predicted molar refractivity (Wildman–Crippen MR) is 81.9 cm³/mol. The molecule has 0 bridgehead atoms. The average molecular weight is 264 g/mol. The molecule has 100 valence electrons. The molecule has 0 saturated heterocycles. The highest BCUT2D eigenvalue weighted by Gasteiger charge is 2.02. The van der Waals surface area contributed by atoms with Gasteiger partial charge in [0.05, 0.1) is 0 Å². The monoisotopic (exact) mass is 264 g/mol. The summed E-state index contributed by atoms with van der Waals surface area (Å²) in [4.78, 5) is 4.27. The van der Waals surface area contributed by atoms with E-state index in [1.807, 2.05) is 43.6 Å². The molecule has 1 heterocycles. The number of anilines is 1. The van der Waals surface area contributed by atoms with Crippen molar-refractivity contribution in [1.29, 1.82) is 0 Å². The van der Waals surface area contributed by atoms with Crippen molar-refractivity contribution in [3.63, 3.8) is 0 Å². The fourth-order valence-corrected chi connectivity index (χ4v) is 2.24. The summed E-state index contributed by atoms with van der Waals surface area (Å²) < 4.78 is 0. The van der Waals surface area contributed by atoms with Crippen LogP contribution in [0.4, 0.5) is 5.69 Å². The standard InChI is InChI=1S/C17H16N2O/c1-12-6-7-15(8-17(12)20)19-11-14-10-18-9-13-4-2-3-5-16(13)14/h2-10,19-20H,11H2,1H3. The molecule has 0 radical (unpaired) electrons. The van der Waals surface area contributed by atoms with Crippen LogP contribution in [0.1, 0.15) is 11.1 Å². The number of nitrogens with one attached hydrogen (secondary N) is 1. The van der Waals surface area contributed by atoms with Gasteiger partial charge in [0.1, 0.15) is 5.75 Å². The molecule has 0 fully saturated rings. The van der Waals surface area contributed by atoms with Gasteiger partial charge in [-0.1, -0.05) is 30.3 Å². The Hall–Kier alpha value is -2.55. The van der Waals surface area contributed by atoms with Crippen LogP contribution in [0, 0.1) is 6.92 Å². The van der Waals surface area contributed by atoms with Gasteiger partial charge in [0.2, 0.25) is 0 Å². The normalized spacial score (nSPS) is 10.7. The molecule has 0 aliphatic heterocycles. The number of aromatic nitrogens is 1. The number of hydrogen-bond acceptors (Lipinski definition) is 3. The zero-order valence-electron chi connectivity index (χ0n) is 11.3. The Kier molecular flexibility index (Phi) is 3.25. The Morgan fingerprint density at radius 3 is 2.80 bits per heavy atom. The van der Waals surface area contributed by atoms with Gasteiger partial charge in [-0.3, -0.25) is 4.98 Å². The molecule has 0 aliphatic rings. The quantitative estimate of drug-likeness (QED) is 0.755. The third-order valence-electron chi connectivity index (χ3n) is 3.44. The third kappa shape index (κ3) is 2.43. The number of aryl methyl sites for hydroxylation is 1. The molecular weight excluding hydrogens is 248 g/mol. The number of rotatable bonds is 3. The van der Waals surface area contributed by atoms with Gasteiger partial charge in [-0.05, 0) is 29.5 Å². The van der Waals surface area contributed by atoms with E-state index in [0.717, 1.165) is 22.2 Å². The largest absolute Gasteiger partial charge is 0.508 e. The maximum absolute atomic E-state index is 9.72. The molecule has 0 saturated carbocycles. The molecule has 3 rings (SSSR count). The van der Waals surface area contributed by atoms with Crippen LogP contribution in [0.25, 0.3) is 10.8 Å². The van der Waals surface area contributed by atoms with Gasteiger partial charge in [-0.25, -0.2) is 0 Å². The van der Waals surface area contributed by atoms with E-state index in [2.05, 4.69) is 22.4 Å². The van der Waals surface area contributed by atoms with Crippen LogP contribution >= 0.6 is 0 Å². The number of pyridine rings is 1. The first-order valence-electron chi connectivity index (χ1n) is 6.59. The summed E-state index contributed by atoms with van der Waals surface area (Å²) in [5.41, 5.74) is 2.92. The van der Waals surface area contributed by atoms with E-state index in [0.29, 0.717) is 12.3 Å². The van der Waals surface area contributed by atoms with Gasteiger partial charge in [0.25, 0.3) is 0 Å². The Morgan fingerprint density at radius 2 is 1.95 bits per heavy atom. The first-order valence-corrected chi connectivity index (χ1v) is 6.59. The van der Waals surface area contributed by atoms with Crippen molar-refractivity contribution < 1.29 is 5.11 Å². The Morgan fingerprint density at radius 1 is 1.10 bits per heavy atom. The minimum Gasteiger partial charge on any atom is -0.508 e. The lowest BCUT2D eigenvalue weighted by Gasteiger charge is -2.10. The van der Waals surface area contributed by atoms with Crippen molar-refractivity contribution in [3.05, 3.63) is 66.0 Å². The van der Waals surface area contributed by atoms with Crippen LogP contribution in [0.5, 0.6) is 5.75 Å². The molecule has 0 amide bonds. The van der Waals surface area contributed by atoms with E-state index in [4.69, 9.17) is 0 Å². The predicted octanol–water partition coefficient (Wildman–Crippen LogP) is 3.86. The minimum atomic E-state index is 0.311. The van der Waals surface area contributed by atoms with Gasteiger partial charge in [0, 0.05) is 36.1 Å². The van der Waals surface area contributed by atoms with E-state index < -0.39 is 0 Å². The first-order chi connectivity index (χ1) is 9.74. The van der Waals surface area contributed by atoms with E-state index in [1.54, 1.807) is 6.07 Å². The Labute approximate surface area is 117 Å². The summed E-state index contributed by atoms with van der Waals surface area (Å²) in [6.45, 7) is 2.56. The third-order valence-corrected chi connectivity index (χ3v) is 3.44. The van der Waals surface area contributed by atoms with Crippen molar-refractivity contribution in [2.75, 3.05) is 5.32 Å². The van der Waals surface area contributed by atoms with Crippen molar-refractivity contribution in [1.82, 2.24) is 4.98 Å². The molecule has 2 aromatic carbocycles. The molecule has 0 aliphatic carbocycles. The van der Waals surface area contributed by atoms with Crippen LogP contribution in [-0.2, 0) is 6.54 Å². The van der Waals surface area contributed by atoms with Crippen molar-refractivity contribution in [2.45, 2.75) is 13.5 Å². The smallest absolute Gasteiger partial charge is 0.120 e. The number of hydrogen-bond donors (Lipinski definition) is 2. The molecule has 3 heteroatoms. The topological polar surface area (TPSA) is 45.2 Å². The number of phenols is 1. The SMILES string of the molecule is Cc1ccc(NCc2cncc3ccccc23)cc1O. The second-order valence-electron chi connectivity index (χ2n) is 4.87. The van der Waals surface area contributed by atoms with Crippen LogP contribution in [0.3, 0.4) is 0 Å². The summed E-state index contributed by atoms with van der Waals surface area (Å²) in [6.07, 6.45) is 3.75. The molecule has 3 nitrogen and oxygen atoms in total. The summed E-state index contributed by atoms with van der Waals surface area (Å²) in [5.74, 6) is 0.311. The van der Waals surface area contributed by atoms with E-state index in [1.165, 1.54) is 5.39 Å². The number of benzene rings is 2. The Balaban J connectivity index is 1.85. The van der Waals surface area contributed by atoms with Crippen LogP contribution in [-0.4, -0.2) is 10.1 Å². The first kappa shape index (κ1) is 12.5. The van der Waals surface area contributed by atoms with Gasteiger partial charge in [-0.15, -0.1) is 0 Å². The van der Waals surface area contributed by atoms with Gasteiger partial charge >= 0.3 is 0 Å². The lowest BCUT2D eigenvalue weighted by atomic mass is 10.1. The fraction of sp³-hybridized carbons (Fsp3) is 0.118. The lowest BCUT2D eigenvalue weighted by Crippen LogP contribution is -2.00. The van der Waals surface area contributed by atoms with E-state index >= 15 is 0 Å². The highest BCUT2D eigenvalue weighted by Crippen LogP contribution is 2.22. The summed E-state index contributed by atoms with van der Waals surface area (Å²) >= 11 is 0. The van der Waals surface area contributed by atoms with Gasteiger partial charge in [-0.2, -0.15) is 0 Å². The van der Waals surface area contributed by atoms with E-state index in [-0.39, 0.29) is 0 Å². The Bertz CT molecular complexity index is 748. The number of aromatic hydroxyl groups is 1. The van der Waals surface area contributed by atoms with Crippen LogP contribution in [0.15, 0.2) is 54.9 Å². The van der Waals surface area contributed by atoms with Crippen LogP contribution < -0.4 is 5.32 Å². The van der Waals surface area contributed by atoms with Gasteiger partial charge in [0.15, 0.2) is 0 Å². The molecule has 0 atom stereocenters. The fourth-order valence-electron chi connectivity index (χ4n) is 2.24. The molecule has 3 aromatic rings. The maximum Gasteiger partial charge on any atom is 0.120 e. The average Bonchev–Trinajstić information content (AvgIpc) is 2.48. The summed E-state index contributed by atoms with van der Waals surface area (Å²) in [6, 6.07) is 13.8. The molecule has 0 spiro atoms. The second-order valence-corrected chi connectivity index (χ2v) is 4.87. The highest BCUT2D eigenvalue weighted by molar-refractivity contribution is 5.84. The van der Waals surface area contributed by atoms with Gasteiger partial charge < -0.3 is 10.4 Å². The second kappa shape index (κ2) is 5.21. The van der Waals surface area contributed by atoms with Crippen molar-refractivity contribution in [3.8, 4) is 5.75 Å². The van der Waals surface area contributed by atoms with Crippen molar-refractivity contribution >= 4 is 16.5 Å².